The Morgan fingerprint density at radius 3 is 2.44 bits per heavy atom. The van der Waals surface area contributed by atoms with E-state index in [0.717, 1.165) is 18.9 Å². The Hall–Kier alpha value is -1.78. The van der Waals surface area contributed by atoms with Crippen molar-refractivity contribution in [3.63, 3.8) is 0 Å². The summed E-state index contributed by atoms with van der Waals surface area (Å²) in [6.07, 6.45) is 3.75. The molecule has 0 amide bonds. The molecule has 5 heteroatoms. The molecule has 0 atom stereocenters. The second-order valence-corrected chi connectivity index (χ2v) is 3.95. The molecule has 82 valence electrons. The molecule has 2 aromatic rings. The van der Waals surface area contributed by atoms with Gasteiger partial charge in [0, 0.05) is 17.7 Å². The molecule has 1 aromatic heterocycles. The van der Waals surface area contributed by atoms with Crippen molar-refractivity contribution in [1.82, 2.24) is 14.8 Å². The van der Waals surface area contributed by atoms with Gasteiger partial charge in [-0.3, -0.25) is 0 Å². The minimum Gasteiger partial charge on any atom is -0.310 e. The van der Waals surface area contributed by atoms with Crippen LogP contribution in [-0.4, -0.2) is 14.8 Å². The molecule has 1 aliphatic rings. The zero-order chi connectivity index (χ0) is 11.1. The Balaban J connectivity index is 2.10. The lowest BCUT2D eigenvalue weighted by Gasteiger charge is -2.04. The molecule has 1 saturated carbocycles. The average Bonchev–Trinajstić information content (AvgIpc) is 2.94. The number of halogens is 2. The van der Waals surface area contributed by atoms with Crippen LogP contribution in [0.2, 0.25) is 0 Å². The van der Waals surface area contributed by atoms with E-state index < -0.39 is 11.6 Å². The maximum atomic E-state index is 13.1. The lowest BCUT2D eigenvalue weighted by atomic mass is 10.2. The number of rotatable bonds is 2. The largest absolute Gasteiger partial charge is 0.310 e. The van der Waals surface area contributed by atoms with Crippen LogP contribution in [0.1, 0.15) is 18.9 Å². The van der Waals surface area contributed by atoms with E-state index in [2.05, 4.69) is 10.2 Å². The first-order chi connectivity index (χ1) is 7.74. The van der Waals surface area contributed by atoms with Crippen molar-refractivity contribution in [2.24, 2.45) is 0 Å². The van der Waals surface area contributed by atoms with Gasteiger partial charge in [-0.25, -0.2) is 8.78 Å². The van der Waals surface area contributed by atoms with Crippen LogP contribution in [0.25, 0.3) is 11.4 Å². The Kier molecular flexibility index (Phi) is 1.99. The molecule has 1 fully saturated rings. The maximum absolute atomic E-state index is 13.1. The molecule has 0 bridgehead atoms. The van der Waals surface area contributed by atoms with E-state index in [1.807, 2.05) is 4.57 Å². The van der Waals surface area contributed by atoms with Gasteiger partial charge in [-0.15, -0.1) is 10.2 Å². The Labute approximate surface area is 90.7 Å². The Morgan fingerprint density at radius 1 is 1.12 bits per heavy atom. The number of benzene rings is 1. The molecule has 1 aromatic carbocycles. The van der Waals surface area contributed by atoms with E-state index >= 15 is 0 Å². The van der Waals surface area contributed by atoms with Crippen molar-refractivity contribution in [1.29, 1.82) is 0 Å². The number of hydrogen-bond acceptors (Lipinski definition) is 2. The zero-order valence-corrected chi connectivity index (χ0v) is 8.40. The first-order valence-corrected chi connectivity index (χ1v) is 5.10. The summed E-state index contributed by atoms with van der Waals surface area (Å²) in [7, 11) is 0. The predicted molar refractivity (Wildman–Crippen MR) is 53.6 cm³/mol. The predicted octanol–water partition coefficient (Wildman–Crippen LogP) is 2.56. The van der Waals surface area contributed by atoms with E-state index in [1.165, 1.54) is 12.1 Å². The quantitative estimate of drug-likeness (QED) is 0.780. The van der Waals surface area contributed by atoms with Gasteiger partial charge in [-0.2, -0.15) is 0 Å². The van der Waals surface area contributed by atoms with Crippen LogP contribution in [-0.2, 0) is 0 Å². The second-order valence-electron chi connectivity index (χ2n) is 3.95. The van der Waals surface area contributed by atoms with Gasteiger partial charge in [0.25, 0.3) is 0 Å². The fourth-order valence-corrected chi connectivity index (χ4v) is 1.75. The molecule has 0 spiro atoms. The van der Waals surface area contributed by atoms with Crippen molar-refractivity contribution >= 4 is 0 Å². The minimum absolute atomic E-state index is 0.385. The lowest BCUT2D eigenvalue weighted by molar-refractivity contribution is 0.583. The van der Waals surface area contributed by atoms with Gasteiger partial charge in [0.15, 0.2) is 5.82 Å². The molecule has 0 N–H and O–H groups in total. The van der Waals surface area contributed by atoms with E-state index in [4.69, 9.17) is 0 Å². The highest BCUT2D eigenvalue weighted by Crippen LogP contribution is 2.37. The van der Waals surface area contributed by atoms with Crippen LogP contribution in [0.15, 0.2) is 24.5 Å². The minimum atomic E-state index is -0.597. The first-order valence-electron chi connectivity index (χ1n) is 5.10. The summed E-state index contributed by atoms with van der Waals surface area (Å²) >= 11 is 0. The SMILES string of the molecule is Fc1cc(F)cc(-c2nncn2C2CC2)c1. The highest BCUT2D eigenvalue weighted by atomic mass is 19.1. The fourth-order valence-electron chi connectivity index (χ4n) is 1.75. The van der Waals surface area contributed by atoms with Gasteiger partial charge in [-0.1, -0.05) is 0 Å². The van der Waals surface area contributed by atoms with Crippen molar-refractivity contribution in [3.05, 3.63) is 36.2 Å². The number of hydrogen-bond donors (Lipinski definition) is 0. The van der Waals surface area contributed by atoms with Crippen molar-refractivity contribution < 1.29 is 8.78 Å². The van der Waals surface area contributed by atoms with Crippen LogP contribution in [0.3, 0.4) is 0 Å². The van der Waals surface area contributed by atoms with Crippen molar-refractivity contribution in [3.8, 4) is 11.4 Å². The molecule has 1 aliphatic carbocycles. The lowest BCUT2D eigenvalue weighted by Crippen LogP contribution is -1.96. The van der Waals surface area contributed by atoms with Gasteiger partial charge in [0.2, 0.25) is 0 Å². The summed E-state index contributed by atoms with van der Waals surface area (Å²) in [6.45, 7) is 0. The fraction of sp³-hybridized carbons (Fsp3) is 0.273. The van der Waals surface area contributed by atoms with Crippen LogP contribution in [0.4, 0.5) is 8.78 Å². The summed E-state index contributed by atoms with van der Waals surface area (Å²) in [4.78, 5) is 0. The third-order valence-electron chi connectivity index (χ3n) is 2.63. The Bertz CT molecular complexity index is 512. The number of nitrogens with zero attached hydrogens (tertiary/aromatic N) is 3. The standard InChI is InChI=1S/C11H9F2N3/c12-8-3-7(4-9(13)5-8)11-15-14-6-16(11)10-1-2-10/h3-6,10H,1-2H2. The summed E-state index contributed by atoms with van der Waals surface area (Å²) in [5.74, 6) is -0.665. The summed E-state index contributed by atoms with van der Waals surface area (Å²) in [6, 6.07) is 3.77. The number of aromatic nitrogens is 3. The van der Waals surface area contributed by atoms with Crippen molar-refractivity contribution in [2.45, 2.75) is 18.9 Å². The molecule has 0 aliphatic heterocycles. The van der Waals surface area contributed by atoms with E-state index in [1.54, 1.807) is 6.33 Å². The van der Waals surface area contributed by atoms with Crippen LogP contribution >= 0.6 is 0 Å². The summed E-state index contributed by atoms with van der Waals surface area (Å²) < 4.78 is 28.0. The van der Waals surface area contributed by atoms with E-state index in [9.17, 15) is 8.78 Å². The molecule has 16 heavy (non-hydrogen) atoms. The topological polar surface area (TPSA) is 30.7 Å². The second kappa shape index (κ2) is 3.37. The average molecular weight is 221 g/mol. The molecule has 3 rings (SSSR count). The molecule has 0 saturated heterocycles. The monoisotopic (exact) mass is 221 g/mol. The zero-order valence-electron chi connectivity index (χ0n) is 8.40. The highest BCUT2D eigenvalue weighted by Gasteiger charge is 2.26. The van der Waals surface area contributed by atoms with Crippen LogP contribution in [0.5, 0.6) is 0 Å². The smallest absolute Gasteiger partial charge is 0.164 e. The molecule has 1 heterocycles. The van der Waals surface area contributed by atoms with Crippen molar-refractivity contribution in [2.75, 3.05) is 0 Å². The van der Waals surface area contributed by atoms with Crippen LogP contribution < -0.4 is 0 Å². The van der Waals surface area contributed by atoms with E-state index in [-0.39, 0.29) is 0 Å². The molecular formula is C11H9F2N3. The van der Waals surface area contributed by atoms with Gasteiger partial charge < -0.3 is 4.57 Å². The maximum Gasteiger partial charge on any atom is 0.164 e. The van der Waals surface area contributed by atoms with Gasteiger partial charge in [0.05, 0.1) is 0 Å². The van der Waals surface area contributed by atoms with Gasteiger partial charge in [-0.05, 0) is 25.0 Å². The summed E-state index contributed by atoms with van der Waals surface area (Å²) in [5, 5.41) is 7.70. The molecule has 0 radical (unpaired) electrons. The third-order valence-corrected chi connectivity index (χ3v) is 2.63. The van der Waals surface area contributed by atoms with Gasteiger partial charge >= 0.3 is 0 Å². The summed E-state index contributed by atoms with van der Waals surface area (Å²) in [5.41, 5.74) is 0.432. The molecule has 0 unspecified atom stereocenters. The highest BCUT2D eigenvalue weighted by molar-refractivity contribution is 5.55. The molecular weight excluding hydrogens is 212 g/mol. The Morgan fingerprint density at radius 2 is 1.81 bits per heavy atom. The first kappa shape index (κ1) is 9.45. The van der Waals surface area contributed by atoms with Crippen LogP contribution in [0, 0.1) is 11.6 Å². The normalized spacial score (nSPS) is 15.4. The van der Waals surface area contributed by atoms with Gasteiger partial charge in [0.1, 0.15) is 18.0 Å². The third kappa shape index (κ3) is 1.58. The molecule has 3 nitrogen and oxygen atoms in total. The van der Waals surface area contributed by atoms with E-state index in [0.29, 0.717) is 17.4 Å².